The minimum atomic E-state index is -1.79. The van der Waals surface area contributed by atoms with Crippen LogP contribution in [0.3, 0.4) is 0 Å². The molecular formula is C16H7Cl3F4N2O. The van der Waals surface area contributed by atoms with E-state index in [1.54, 1.807) is 0 Å². The van der Waals surface area contributed by atoms with E-state index in [9.17, 15) is 22.7 Å². The van der Waals surface area contributed by atoms with E-state index < -0.39 is 40.3 Å². The van der Waals surface area contributed by atoms with E-state index in [4.69, 9.17) is 34.8 Å². The Bertz CT molecular complexity index is 986. The SMILES string of the molecule is OC(c1ccc(F)cc1F)c1c(Cl)nc(Cl)n1-c1c(F)cc(F)cc1Cl. The molecule has 0 aliphatic carbocycles. The van der Waals surface area contributed by atoms with Crippen LogP contribution < -0.4 is 0 Å². The van der Waals surface area contributed by atoms with Gasteiger partial charge in [0, 0.05) is 17.7 Å². The van der Waals surface area contributed by atoms with Gasteiger partial charge in [-0.15, -0.1) is 0 Å². The molecule has 1 aromatic heterocycles. The summed E-state index contributed by atoms with van der Waals surface area (Å²) in [7, 11) is 0. The van der Waals surface area contributed by atoms with E-state index in [1.807, 2.05) is 0 Å². The molecule has 0 radical (unpaired) electrons. The van der Waals surface area contributed by atoms with Crippen molar-refractivity contribution in [1.82, 2.24) is 9.55 Å². The summed E-state index contributed by atoms with van der Waals surface area (Å²) >= 11 is 17.8. The van der Waals surface area contributed by atoms with Crippen LogP contribution in [0.2, 0.25) is 15.5 Å². The Morgan fingerprint density at radius 2 is 1.58 bits per heavy atom. The second kappa shape index (κ2) is 7.08. The monoisotopic (exact) mass is 424 g/mol. The zero-order chi connectivity index (χ0) is 19.2. The summed E-state index contributed by atoms with van der Waals surface area (Å²) in [6.45, 7) is 0. The molecule has 1 heterocycles. The molecule has 0 aliphatic heterocycles. The number of hydrogen-bond donors (Lipinski definition) is 1. The van der Waals surface area contributed by atoms with Gasteiger partial charge in [-0.3, -0.25) is 4.57 Å². The van der Waals surface area contributed by atoms with Gasteiger partial charge in [-0.1, -0.05) is 29.3 Å². The molecule has 1 unspecified atom stereocenters. The Labute approximate surface area is 159 Å². The first-order valence-corrected chi connectivity index (χ1v) is 8.05. The van der Waals surface area contributed by atoms with Crippen LogP contribution >= 0.6 is 34.8 Å². The molecule has 1 atom stereocenters. The first-order chi connectivity index (χ1) is 12.2. The molecule has 0 spiro atoms. The Balaban J connectivity index is 2.25. The topological polar surface area (TPSA) is 38.1 Å². The molecular weight excluding hydrogens is 419 g/mol. The number of aromatic nitrogens is 2. The van der Waals surface area contributed by atoms with Gasteiger partial charge in [-0.05, 0) is 23.7 Å². The molecule has 2 aromatic carbocycles. The second-order valence-electron chi connectivity index (χ2n) is 5.18. The predicted molar refractivity (Wildman–Crippen MR) is 88.9 cm³/mol. The molecule has 3 aromatic rings. The Hall–Kier alpha value is -1.80. The lowest BCUT2D eigenvalue weighted by molar-refractivity contribution is 0.207. The van der Waals surface area contributed by atoms with Gasteiger partial charge < -0.3 is 5.11 Å². The standard InChI is InChI=1S/C16H7Cl3F4N2O/c17-9-3-7(21)5-11(23)12(9)25-13(15(18)24-16(25)19)14(26)8-2-1-6(20)4-10(8)22/h1-5,14,26H. The Kier molecular flexibility index (Phi) is 5.16. The number of rotatable bonds is 3. The van der Waals surface area contributed by atoms with E-state index in [0.717, 1.165) is 22.8 Å². The largest absolute Gasteiger partial charge is 0.382 e. The van der Waals surface area contributed by atoms with Crippen molar-refractivity contribution >= 4 is 34.8 Å². The molecule has 3 rings (SSSR count). The van der Waals surface area contributed by atoms with Crippen LogP contribution in [0.4, 0.5) is 17.6 Å². The fourth-order valence-electron chi connectivity index (χ4n) is 2.45. The summed E-state index contributed by atoms with van der Waals surface area (Å²) in [6.07, 6.45) is -1.79. The minimum Gasteiger partial charge on any atom is -0.382 e. The lowest BCUT2D eigenvalue weighted by Crippen LogP contribution is -2.11. The zero-order valence-corrected chi connectivity index (χ0v) is 14.7. The van der Waals surface area contributed by atoms with Crippen LogP contribution in [0.15, 0.2) is 30.3 Å². The number of aliphatic hydroxyl groups excluding tert-OH is 1. The number of aliphatic hydroxyl groups is 1. The lowest BCUT2D eigenvalue weighted by atomic mass is 10.1. The van der Waals surface area contributed by atoms with Crippen LogP contribution in [0.1, 0.15) is 17.4 Å². The van der Waals surface area contributed by atoms with Crippen LogP contribution in [-0.2, 0) is 0 Å². The number of hydrogen-bond acceptors (Lipinski definition) is 2. The highest BCUT2D eigenvalue weighted by atomic mass is 35.5. The highest BCUT2D eigenvalue weighted by molar-refractivity contribution is 6.34. The van der Waals surface area contributed by atoms with Crippen LogP contribution in [0, 0.1) is 23.3 Å². The smallest absolute Gasteiger partial charge is 0.209 e. The van der Waals surface area contributed by atoms with Crippen molar-refractivity contribution in [2.75, 3.05) is 0 Å². The predicted octanol–water partition coefficient (Wildman–Crippen LogP) is 5.47. The maximum Gasteiger partial charge on any atom is 0.209 e. The van der Waals surface area contributed by atoms with Gasteiger partial charge in [-0.2, -0.15) is 0 Å². The molecule has 10 heteroatoms. The van der Waals surface area contributed by atoms with Crippen molar-refractivity contribution in [2.45, 2.75) is 6.10 Å². The third-order valence-corrected chi connectivity index (χ3v) is 4.37. The van der Waals surface area contributed by atoms with E-state index in [1.165, 1.54) is 0 Å². The van der Waals surface area contributed by atoms with Gasteiger partial charge in [0.1, 0.15) is 29.2 Å². The van der Waals surface area contributed by atoms with Crippen molar-refractivity contribution < 1.29 is 22.7 Å². The summed E-state index contributed by atoms with van der Waals surface area (Å²) in [5.41, 5.74) is -1.12. The molecule has 26 heavy (non-hydrogen) atoms. The Morgan fingerprint density at radius 1 is 0.923 bits per heavy atom. The third-order valence-electron chi connectivity index (χ3n) is 3.55. The molecule has 3 nitrogen and oxygen atoms in total. The number of halogens is 7. The zero-order valence-electron chi connectivity index (χ0n) is 12.5. The van der Waals surface area contributed by atoms with E-state index in [2.05, 4.69) is 4.98 Å². The van der Waals surface area contributed by atoms with Crippen molar-refractivity contribution in [2.24, 2.45) is 0 Å². The average molecular weight is 426 g/mol. The first kappa shape index (κ1) is 19.0. The number of benzene rings is 2. The number of nitrogens with zero attached hydrogens (tertiary/aromatic N) is 2. The fourth-order valence-corrected chi connectivity index (χ4v) is 3.30. The van der Waals surface area contributed by atoms with Crippen LogP contribution in [0.25, 0.3) is 5.69 Å². The van der Waals surface area contributed by atoms with Gasteiger partial charge in [0.15, 0.2) is 11.0 Å². The van der Waals surface area contributed by atoms with Crippen molar-refractivity contribution in [1.29, 1.82) is 0 Å². The van der Waals surface area contributed by atoms with Crippen molar-refractivity contribution in [3.8, 4) is 5.69 Å². The average Bonchev–Trinajstić information content (AvgIpc) is 2.80. The fraction of sp³-hybridized carbons (Fsp3) is 0.0625. The maximum absolute atomic E-state index is 14.3. The van der Waals surface area contributed by atoms with Crippen molar-refractivity contribution in [3.05, 3.63) is 80.3 Å². The highest BCUT2D eigenvalue weighted by Crippen LogP contribution is 2.37. The van der Waals surface area contributed by atoms with E-state index in [-0.39, 0.29) is 21.4 Å². The molecule has 0 saturated heterocycles. The quantitative estimate of drug-likeness (QED) is 0.565. The second-order valence-corrected chi connectivity index (χ2v) is 6.28. The van der Waals surface area contributed by atoms with Gasteiger partial charge in [0.05, 0.1) is 10.7 Å². The van der Waals surface area contributed by atoms with E-state index >= 15 is 0 Å². The normalized spacial score (nSPS) is 12.5. The molecule has 0 bridgehead atoms. The molecule has 0 fully saturated rings. The molecule has 0 saturated carbocycles. The van der Waals surface area contributed by atoms with Gasteiger partial charge >= 0.3 is 0 Å². The first-order valence-electron chi connectivity index (χ1n) is 6.92. The number of imidazole rings is 1. The highest BCUT2D eigenvalue weighted by Gasteiger charge is 2.28. The van der Waals surface area contributed by atoms with Gasteiger partial charge in [-0.25, -0.2) is 22.5 Å². The molecule has 0 aliphatic rings. The van der Waals surface area contributed by atoms with Crippen LogP contribution in [0.5, 0.6) is 0 Å². The summed E-state index contributed by atoms with van der Waals surface area (Å²) in [6, 6.07) is 3.82. The molecule has 0 amide bonds. The van der Waals surface area contributed by atoms with Gasteiger partial charge in [0.2, 0.25) is 5.28 Å². The summed E-state index contributed by atoms with van der Waals surface area (Å²) < 4.78 is 55.5. The van der Waals surface area contributed by atoms with Crippen LogP contribution in [-0.4, -0.2) is 14.7 Å². The molecule has 136 valence electrons. The van der Waals surface area contributed by atoms with Gasteiger partial charge in [0.25, 0.3) is 0 Å². The Morgan fingerprint density at radius 3 is 2.19 bits per heavy atom. The van der Waals surface area contributed by atoms with Crippen molar-refractivity contribution in [3.63, 3.8) is 0 Å². The van der Waals surface area contributed by atoms with E-state index in [0.29, 0.717) is 12.1 Å². The lowest BCUT2D eigenvalue weighted by Gasteiger charge is -2.17. The summed E-state index contributed by atoms with van der Waals surface area (Å²) in [5.74, 6) is -3.98. The summed E-state index contributed by atoms with van der Waals surface area (Å²) in [4.78, 5) is 3.70. The maximum atomic E-state index is 14.3. The summed E-state index contributed by atoms with van der Waals surface area (Å²) in [5, 5.41) is 9.37. The third kappa shape index (κ3) is 3.27. The molecule has 1 N–H and O–H groups in total. The minimum absolute atomic E-state index is 0.324.